The number of anilines is 2. The van der Waals surface area contributed by atoms with E-state index in [1.54, 1.807) is 24.3 Å². The smallest absolute Gasteiger partial charge is 0.416 e. The van der Waals surface area contributed by atoms with Crippen LogP contribution in [0, 0.1) is 0 Å². The van der Waals surface area contributed by atoms with Crippen molar-refractivity contribution in [2.24, 2.45) is 0 Å². The lowest BCUT2D eigenvalue weighted by molar-refractivity contribution is -0.137. The number of halogens is 3. The Bertz CT molecular complexity index is 1320. The number of nitrogens with zero attached hydrogens (tertiary/aromatic N) is 2. The fourth-order valence-electron chi connectivity index (χ4n) is 3.78. The number of hydrogen-bond donors (Lipinski definition) is 2. The average molecular weight is 512 g/mol. The van der Waals surface area contributed by atoms with Crippen LogP contribution in [0.2, 0.25) is 0 Å². The minimum Gasteiger partial charge on any atom is -0.481 e. The molecule has 1 aliphatic rings. The minimum absolute atomic E-state index is 0.0701. The molecule has 4 rings (SSSR count). The molecule has 0 atom stereocenters. The SMILES string of the molecule is COc1ccc(-c2ccc(N3CCC=C(NC(=O)Nc4ccc(C(F)(F)F)cc4)C3=O)cc2)c(OC)n1. The Morgan fingerprint density at radius 2 is 1.65 bits per heavy atom. The molecule has 0 aliphatic carbocycles. The summed E-state index contributed by atoms with van der Waals surface area (Å²) in [5.41, 5.74) is 1.61. The third kappa shape index (κ3) is 5.83. The van der Waals surface area contributed by atoms with E-state index in [2.05, 4.69) is 15.6 Å². The summed E-state index contributed by atoms with van der Waals surface area (Å²) in [5.74, 6) is 0.408. The largest absolute Gasteiger partial charge is 0.481 e. The maximum Gasteiger partial charge on any atom is 0.416 e. The molecular formula is C26H23F3N4O4. The van der Waals surface area contributed by atoms with Crippen molar-refractivity contribution in [2.45, 2.75) is 12.6 Å². The number of carbonyl (C=O) groups is 2. The van der Waals surface area contributed by atoms with E-state index in [0.29, 0.717) is 30.4 Å². The average Bonchev–Trinajstić information content (AvgIpc) is 2.89. The topological polar surface area (TPSA) is 92.8 Å². The second-order valence-corrected chi connectivity index (χ2v) is 7.97. The van der Waals surface area contributed by atoms with Crippen LogP contribution in [0.15, 0.2) is 72.4 Å². The lowest BCUT2D eigenvalue weighted by atomic mass is 10.1. The van der Waals surface area contributed by atoms with Gasteiger partial charge in [0.25, 0.3) is 5.91 Å². The molecule has 0 saturated carbocycles. The highest BCUT2D eigenvalue weighted by Gasteiger charge is 2.30. The van der Waals surface area contributed by atoms with Crippen molar-refractivity contribution in [3.05, 3.63) is 78.0 Å². The molecule has 0 radical (unpaired) electrons. The molecule has 3 amide bonds. The van der Waals surface area contributed by atoms with Gasteiger partial charge in [0.2, 0.25) is 11.8 Å². The number of rotatable bonds is 6. The summed E-state index contributed by atoms with van der Waals surface area (Å²) in [6, 6.07) is 14.0. The number of nitrogens with one attached hydrogen (secondary N) is 2. The maximum atomic E-state index is 13.0. The standard InChI is InChI=1S/C26H23F3N4O4/c1-36-22-14-13-20(23(32-22)37-2)16-5-11-19(12-6-16)33-15-3-4-21(24(33)34)31-25(35)30-18-9-7-17(8-10-18)26(27,28)29/h4-14H,3,15H2,1-2H3,(H2,30,31,35). The molecule has 0 spiro atoms. The number of aromatic nitrogens is 1. The molecule has 0 unspecified atom stereocenters. The van der Waals surface area contributed by atoms with E-state index >= 15 is 0 Å². The number of ether oxygens (including phenoxy) is 2. The molecule has 0 saturated heterocycles. The van der Waals surface area contributed by atoms with E-state index in [0.717, 1.165) is 35.4 Å². The first-order valence-electron chi connectivity index (χ1n) is 11.2. The molecule has 11 heteroatoms. The van der Waals surface area contributed by atoms with Crippen molar-refractivity contribution in [1.29, 1.82) is 0 Å². The highest BCUT2D eigenvalue weighted by atomic mass is 19.4. The summed E-state index contributed by atoms with van der Waals surface area (Å²) in [6.07, 6.45) is -2.37. The first kappa shape index (κ1) is 25.5. The Morgan fingerprint density at radius 3 is 2.27 bits per heavy atom. The summed E-state index contributed by atoms with van der Waals surface area (Å²) in [4.78, 5) is 31.2. The third-order valence-corrected chi connectivity index (χ3v) is 5.62. The third-order valence-electron chi connectivity index (χ3n) is 5.62. The number of benzene rings is 2. The van der Waals surface area contributed by atoms with Gasteiger partial charge in [0.05, 0.1) is 19.8 Å². The molecule has 1 aromatic heterocycles. The van der Waals surface area contributed by atoms with Gasteiger partial charge in [0.1, 0.15) is 5.70 Å². The van der Waals surface area contributed by atoms with Crippen molar-refractivity contribution < 1.29 is 32.2 Å². The zero-order valence-electron chi connectivity index (χ0n) is 19.9. The first-order chi connectivity index (χ1) is 17.7. The summed E-state index contributed by atoms with van der Waals surface area (Å²) >= 11 is 0. The highest BCUT2D eigenvalue weighted by Crippen LogP contribution is 2.32. The Balaban J connectivity index is 1.43. The number of pyridine rings is 1. The second-order valence-electron chi connectivity index (χ2n) is 7.97. The van der Waals surface area contributed by atoms with E-state index in [1.165, 1.54) is 19.1 Å². The molecular weight excluding hydrogens is 489 g/mol. The van der Waals surface area contributed by atoms with E-state index in [4.69, 9.17) is 9.47 Å². The molecule has 3 aromatic rings. The Kier molecular flexibility index (Phi) is 7.32. The molecule has 192 valence electrons. The summed E-state index contributed by atoms with van der Waals surface area (Å²) in [7, 11) is 3.03. The van der Waals surface area contributed by atoms with Crippen LogP contribution in [0.4, 0.5) is 29.3 Å². The van der Waals surface area contributed by atoms with Gasteiger partial charge in [-0.15, -0.1) is 0 Å². The number of urea groups is 1. The quantitative estimate of drug-likeness (QED) is 0.472. The van der Waals surface area contributed by atoms with Gasteiger partial charge in [-0.3, -0.25) is 4.79 Å². The number of amides is 3. The van der Waals surface area contributed by atoms with Gasteiger partial charge in [-0.25, -0.2) is 4.79 Å². The second kappa shape index (κ2) is 10.6. The van der Waals surface area contributed by atoms with Crippen LogP contribution in [0.5, 0.6) is 11.8 Å². The normalized spacial score (nSPS) is 13.6. The van der Waals surface area contributed by atoms with E-state index in [-0.39, 0.29) is 11.4 Å². The number of hydrogen-bond acceptors (Lipinski definition) is 5. The molecule has 2 N–H and O–H groups in total. The fraction of sp³-hybridized carbons (Fsp3) is 0.192. The lowest BCUT2D eigenvalue weighted by Crippen LogP contribution is -2.42. The van der Waals surface area contributed by atoms with Gasteiger partial charge >= 0.3 is 12.2 Å². The predicted molar refractivity (Wildman–Crippen MR) is 131 cm³/mol. The Morgan fingerprint density at radius 1 is 0.946 bits per heavy atom. The monoisotopic (exact) mass is 512 g/mol. The fourth-order valence-corrected chi connectivity index (χ4v) is 3.78. The molecule has 2 heterocycles. The van der Waals surface area contributed by atoms with E-state index < -0.39 is 23.7 Å². The van der Waals surface area contributed by atoms with Crippen molar-refractivity contribution in [2.75, 3.05) is 31.0 Å². The van der Waals surface area contributed by atoms with Crippen molar-refractivity contribution in [1.82, 2.24) is 10.3 Å². The van der Waals surface area contributed by atoms with E-state index in [1.807, 2.05) is 18.2 Å². The van der Waals surface area contributed by atoms with Crippen LogP contribution in [-0.4, -0.2) is 37.7 Å². The zero-order valence-corrected chi connectivity index (χ0v) is 19.9. The van der Waals surface area contributed by atoms with Gasteiger partial charge in [0, 0.05) is 29.5 Å². The van der Waals surface area contributed by atoms with Gasteiger partial charge in [-0.05, 0) is 54.4 Å². The van der Waals surface area contributed by atoms with Crippen LogP contribution in [0.1, 0.15) is 12.0 Å². The summed E-state index contributed by atoms with van der Waals surface area (Å²) in [6.45, 7) is 0.414. The summed E-state index contributed by atoms with van der Waals surface area (Å²) in [5, 5.41) is 4.92. The predicted octanol–water partition coefficient (Wildman–Crippen LogP) is 5.23. The van der Waals surface area contributed by atoms with Crippen LogP contribution < -0.4 is 25.0 Å². The lowest BCUT2D eigenvalue weighted by Gasteiger charge is -2.27. The van der Waals surface area contributed by atoms with Crippen LogP contribution in [0.25, 0.3) is 11.1 Å². The van der Waals surface area contributed by atoms with Crippen molar-refractivity contribution in [3.63, 3.8) is 0 Å². The van der Waals surface area contributed by atoms with Crippen LogP contribution in [0.3, 0.4) is 0 Å². The molecule has 8 nitrogen and oxygen atoms in total. The molecule has 37 heavy (non-hydrogen) atoms. The molecule has 0 bridgehead atoms. The van der Waals surface area contributed by atoms with E-state index in [9.17, 15) is 22.8 Å². The maximum absolute atomic E-state index is 13.0. The molecule has 1 aliphatic heterocycles. The zero-order chi connectivity index (χ0) is 26.6. The number of carbonyl (C=O) groups excluding carboxylic acids is 2. The van der Waals surface area contributed by atoms with Crippen LogP contribution in [-0.2, 0) is 11.0 Å². The van der Waals surface area contributed by atoms with Gasteiger partial charge in [-0.2, -0.15) is 18.2 Å². The Labute approximate surface area is 210 Å². The molecule has 0 fully saturated rings. The number of alkyl halides is 3. The molecule has 2 aromatic carbocycles. The minimum atomic E-state index is -4.47. The highest BCUT2D eigenvalue weighted by molar-refractivity contribution is 6.09. The van der Waals surface area contributed by atoms with Crippen molar-refractivity contribution >= 4 is 23.3 Å². The summed E-state index contributed by atoms with van der Waals surface area (Å²) < 4.78 is 48.6. The Hall–Kier alpha value is -4.54. The first-order valence-corrected chi connectivity index (χ1v) is 11.2. The van der Waals surface area contributed by atoms with Crippen molar-refractivity contribution in [3.8, 4) is 22.9 Å². The van der Waals surface area contributed by atoms with Gasteiger partial charge < -0.3 is 25.0 Å². The van der Waals surface area contributed by atoms with Gasteiger partial charge in [-0.1, -0.05) is 18.2 Å². The van der Waals surface area contributed by atoms with Gasteiger partial charge in [0.15, 0.2) is 0 Å². The number of methoxy groups -OCH3 is 2. The van der Waals surface area contributed by atoms with Crippen LogP contribution >= 0.6 is 0 Å².